The number of anilines is 1. The van der Waals surface area contributed by atoms with Crippen molar-refractivity contribution < 1.29 is 22.6 Å². The van der Waals surface area contributed by atoms with Crippen LogP contribution < -0.4 is 18.5 Å². The fraction of sp³-hybridized carbons (Fsp3) is 0.263. The molecule has 2 rings (SSSR count). The number of ether oxygens (including phenoxy) is 3. The number of hydrogen-bond acceptors (Lipinski definition) is 5. The first-order chi connectivity index (χ1) is 12.4. The third kappa shape index (κ3) is 3.77. The number of hydrogen-bond donors (Lipinski definition) is 0. The summed E-state index contributed by atoms with van der Waals surface area (Å²) < 4.78 is 43.6. The fourth-order valence-corrected chi connectivity index (χ4v) is 4.00. The monoisotopic (exact) mass is 377 g/mol. The maximum Gasteiger partial charge on any atom is 0.264 e. The lowest BCUT2D eigenvalue weighted by atomic mass is 10.2. The van der Waals surface area contributed by atoms with Crippen molar-refractivity contribution in [2.75, 3.05) is 32.2 Å². The number of benzene rings is 2. The fourth-order valence-electron chi connectivity index (χ4n) is 2.54. The Morgan fingerprint density at radius 1 is 0.962 bits per heavy atom. The van der Waals surface area contributed by atoms with Crippen molar-refractivity contribution in [3.8, 4) is 17.2 Å². The molecule has 0 aliphatic heterocycles. The van der Waals surface area contributed by atoms with Gasteiger partial charge in [0.25, 0.3) is 10.0 Å². The second-order valence-electron chi connectivity index (χ2n) is 5.52. The van der Waals surface area contributed by atoms with Gasteiger partial charge in [-0.15, -0.1) is 6.58 Å². The van der Waals surface area contributed by atoms with E-state index in [1.54, 1.807) is 18.2 Å². The van der Waals surface area contributed by atoms with E-state index in [2.05, 4.69) is 6.58 Å². The molecule has 0 spiro atoms. The molecule has 0 heterocycles. The number of aryl methyl sites for hydroxylation is 1. The summed E-state index contributed by atoms with van der Waals surface area (Å²) in [5, 5.41) is 0. The van der Waals surface area contributed by atoms with E-state index in [1.165, 1.54) is 43.8 Å². The van der Waals surface area contributed by atoms with Crippen molar-refractivity contribution in [1.29, 1.82) is 0 Å². The Bertz CT molecular complexity index is 893. The molecule has 2 aromatic carbocycles. The van der Waals surface area contributed by atoms with Gasteiger partial charge >= 0.3 is 0 Å². The topological polar surface area (TPSA) is 65.1 Å². The molecule has 0 aliphatic rings. The van der Waals surface area contributed by atoms with Crippen LogP contribution in [0.15, 0.2) is 53.9 Å². The molecule has 0 bridgehead atoms. The number of nitrogens with zero attached hydrogens (tertiary/aromatic N) is 1. The van der Waals surface area contributed by atoms with Gasteiger partial charge in [0.15, 0.2) is 11.5 Å². The minimum absolute atomic E-state index is 0.0839. The number of rotatable bonds is 8. The number of methoxy groups -OCH3 is 3. The van der Waals surface area contributed by atoms with E-state index in [4.69, 9.17) is 14.2 Å². The molecule has 0 saturated heterocycles. The predicted octanol–water partition coefficient (Wildman–Crippen LogP) is 3.40. The molecule has 0 unspecified atom stereocenters. The summed E-state index contributed by atoms with van der Waals surface area (Å²) in [5.74, 6) is 1.25. The van der Waals surface area contributed by atoms with Crippen molar-refractivity contribution in [3.63, 3.8) is 0 Å². The molecular formula is C19H23NO5S. The average molecular weight is 377 g/mol. The van der Waals surface area contributed by atoms with Gasteiger partial charge in [-0.3, -0.25) is 4.31 Å². The molecule has 0 aromatic heterocycles. The standard InChI is InChI=1S/C19H23NO5S/c1-6-11-20(16-12-14(2)7-9-17(16)23-3)26(21,22)15-8-10-18(24-4)19(13-15)25-5/h6-10,12-13H,1,11H2,2-5H3. The van der Waals surface area contributed by atoms with Crippen LogP contribution in [0.4, 0.5) is 5.69 Å². The third-order valence-electron chi connectivity index (χ3n) is 3.84. The Kier molecular flexibility index (Phi) is 6.15. The van der Waals surface area contributed by atoms with E-state index in [-0.39, 0.29) is 11.4 Å². The normalized spacial score (nSPS) is 10.9. The lowest BCUT2D eigenvalue weighted by Gasteiger charge is -2.25. The first-order valence-electron chi connectivity index (χ1n) is 7.89. The van der Waals surface area contributed by atoms with Crippen LogP contribution in [-0.4, -0.2) is 36.3 Å². The van der Waals surface area contributed by atoms with E-state index in [0.717, 1.165) is 5.56 Å². The lowest BCUT2D eigenvalue weighted by Crippen LogP contribution is -2.31. The van der Waals surface area contributed by atoms with Crippen molar-refractivity contribution >= 4 is 15.7 Å². The van der Waals surface area contributed by atoms with Gasteiger partial charge in [0.2, 0.25) is 0 Å². The molecule has 0 aliphatic carbocycles. The first-order valence-corrected chi connectivity index (χ1v) is 9.33. The van der Waals surface area contributed by atoms with Crippen LogP contribution in [0.1, 0.15) is 5.56 Å². The molecule has 26 heavy (non-hydrogen) atoms. The predicted molar refractivity (Wildman–Crippen MR) is 102 cm³/mol. The van der Waals surface area contributed by atoms with Crippen molar-refractivity contribution in [2.24, 2.45) is 0 Å². The maximum absolute atomic E-state index is 13.3. The van der Waals surface area contributed by atoms with Crippen LogP contribution in [0.2, 0.25) is 0 Å². The molecule has 0 saturated carbocycles. The largest absolute Gasteiger partial charge is 0.495 e. The van der Waals surface area contributed by atoms with Crippen molar-refractivity contribution in [2.45, 2.75) is 11.8 Å². The van der Waals surface area contributed by atoms with Gasteiger partial charge in [-0.2, -0.15) is 0 Å². The molecule has 0 N–H and O–H groups in total. The summed E-state index contributed by atoms with van der Waals surface area (Å²) in [5.41, 5.74) is 1.36. The molecule has 140 valence electrons. The minimum atomic E-state index is -3.88. The summed E-state index contributed by atoms with van der Waals surface area (Å²) in [6.45, 7) is 5.66. The number of sulfonamides is 1. The van der Waals surface area contributed by atoms with Crippen molar-refractivity contribution in [3.05, 3.63) is 54.6 Å². The van der Waals surface area contributed by atoms with Gasteiger partial charge < -0.3 is 14.2 Å². The van der Waals surface area contributed by atoms with Crippen LogP contribution in [0, 0.1) is 6.92 Å². The minimum Gasteiger partial charge on any atom is -0.495 e. The lowest BCUT2D eigenvalue weighted by molar-refractivity contribution is 0.354. The zero-order valence-corrected chi connectivity index (χ0v) is 16.2. The summed E-state index contributed by atoms with van der Waals surface area (Å²) in [6.07, 6.45) is 1.53. The van der Waals surface area contributed by atoms with E-state index >= 15 is 0 Å². The van der Waals surface area contributed by atoms with Crippen LogP contribution in [-0.2, 0) is 10.0 Å². The summed E-state index contributed by atoms with van der Waals surface area (Å²) >= 11 is 0. The zero-order valence-electron chi connectivity index (χ0n) is 15.4. The Morgan fingerprint density at radius 2 is 1.58 bits per heavy atom. The molecule has 7 heteroatoms. The summed E-state index contributed by atoms with van der Waals surface area (Å²) in [4.78, 5) is 0.0839. The van der Waals surface area contributed by atoms with Gasteiger partial charge in [0.1, 0.15) is 5.75 Å². The van der Waals surface area contributed by atoms with E-state index < -0.39 is 10.0 Å². The van der Waals surface area contributed by atoms with Gasteiger partial charge in [0, 0.05) is 6.07 Å². The molecular weight excluding hydrogens is 354 g/mol. The Balaban J connectivity index is 2.63. The highest BCUT2D eigenvalue weighted by molar-refractivity contribution is 7.92. The van der Waals surface area contributed by atoms with Gasteiger partial charge in [0.05, 0.1) is 38.5 Å². The molecule has 0 amide bonds. The second-order valence-corrected chi connectivity index (χ2v) is 7.38. The van der Waals surface area contributed by atoms with E-state index in [0.29, 0.717) is 22.9 Å². The SMILES string of the molecule is C=CCN(c1cc(C)ccc1OC)S(=O)(=O)c1ccc(OC)c(OC)c1. The second kappa shape index (κ2) is 8.14. The molecule has 2 aromatic rings. The Hall–Kier alpha value is -2.67. The zero-order chi connectivity index (χ0) is 19.3. The molecule has 0 radical (unpaired) electrons. The van der Waals surface area contributed by atoms with Crippen molar-refractivity contribution in [1.82, 2.24) is 0 Å². The summed E-state index contributed by atoms with van der Waals surface area (Å²) in [6, 6.07) is 9.84. The van der Waals surface area contributed by atoms with Crippen LogP contribution in [0.3, 0.4) is 0 Å². The van der Waals surface area contributed by atoms with Gasteiger partial charge in [-0.05, 0) is 36.8 Å². The molecule has 0 atom stereocenters. The highest BCUT2D eigenvalue weighted by Gasteiger charge is 2.27. The maximum atomic E-state index is 13.3. The smallest absolute Gasteiger partial charge is 0.264 e. The van der Waals surface area contributed by atoms with Crippen LogP contribution >= 0.6 is 0 Å². The highest BCUT2D eigenvalue weighted by Crippen LogP contribution is 2.36. The van der Waals surface area contributed by atoms with E-state index in [1.807, 2.05) is 13.0 Å². The third-order valence-corrected chi connectivity index (χ3v) is 5.62. The average Bonchev–Trinajstić information content (AvgIpc) is 2.65. The van der Waals surface area contributed by atoms with Crippen LogP contribution in [0.25, 0.3) is 0 Å². The molecule has 0 fully saturated rings. The first kappa shape index (κ1) is 19.7. The quantitative estimate of drug-likeness (QED) is 0.660. The van der Waals surface area contributed by atoms with Crippen LogP contribution in [0.5, 0.6) is 17.2 Å². The van der Waals surface area contributed by atoms with E-state index in [9.17, 15) is 8.42 Å². The highest BCUT2D eigenvalue weighted by atomic mass is 32.2. The van der Waals surface area contributed by atoms with Gasteiger partial charge in [-0.25, -0.2) is 8.42 Å². The summed E-state index contributed by atoms with van der Waals surface area (Å²) in [7, 11) is 0.578. The molecule has 6 nitrogen and oxygen atoms in total. The Morgan fingerprint density at radius 3 is 2.15 bits per heavy atom. The Labute approximate surface area is 154 Å². The van der Waals surface area contributed by atoms with Gasteiger partial charge in [-0.1, -0.05) is 12.1 Å².